The molecule has 6 nitrogen and oxygen atoms in total. The number of thiazole rings is 1. The molecule has 29 heavy (non-hydrogen) atoms. The van der Waals surface area contributed by atoms with Gasteiger partial charge in [0.25, 0.3) is 5.91 Å². The maximum absolute atomic E-state index is 12.9. The molecule has 2 aromatic rings. The van der Waals surface area contributed by atoms with Gasteiger partial charge in [0.1, 0.15) is 5.69 Å². The summed E-state index contributed by atoms with van der Waals surface area (Å²) in [7, 11) is 1.80. The largest absolute Gasteiger partial charge is 0.436 e. The zero-order valence-corrected chi connectivity index (χ0v) is 17.5. The van der Waals surface area contributed by atoms with Crippen LogP contribution >= 0.6 is 11.3 Å². The highest BCUT2D eigenvalue weighted by Gasteiger charge is 2.28. The summed E-state index contributed by atoms with van der Waals surface area (Å²) in [5.74, 6) is 2.46. The summed E-state index contributed by atoms with van der Waals surface area (Å²) >= 11 is 1.51. The van der Waals surface area contributed by atoms with Crippen LogP contribution in [0.3, 0.4) is 0 Å². The second-order valence-corrected chi connectivity index (χ2v) is 7.98. The van der Waals surface area contributed by atoms with E-state index >= 15 is 0 Å². The lowest BCUT2D eigenvalue weighted by Crippen LogP contribution is -2.38. The van der Waals surface area contributed by atoms with Crippen molar-refractivity contribution < 1.29 is 14.3 Å². The highest BCUT2D eigenvalue weighted by atomic mass is 32.1. The number of rotatable bonds is 5. The summed E-state index contributed by atoms with van der Waals surface area (Å²) in [6.07, 6.45) is 6.34. The number of ether oxygens (including phenoxy) is 1. The quantitative estimate of drug-likeness (QED) is 0.700. The van der Waals surface area contributed by atoms with Crippen molar-refractivity contribution in [2.75, 3.05) is 26.7 Å². The van der Waals surface area contributed by atoms with Gasteiger partial charge in [-0.2, -0.15) is 0 Å². The maximum Gasteiger partial charge on any atom is 0.410 e. The molecule has 1 fully saturated rings. The third-order valence-electron chi connectivity index (χ3n) is 5.31. The minimum Gasteiger partial charge on any atom is -0.436 e. The van der Waals surface area contributed by atoms with Crippen LogP contribution in [0, 0.1) is 12.3 Å². The molecule has 1 aromatic heterocycles. The first-order valence-corrected chi connectivity index (χ1v) is 10.5. The average molecular weight is 412 g/mol. The topological polar surface area (TPSA) is 62.7 Å². The Morgan fingerprint density at radius 2 is 2.03 bits per heavy atom. The van der Waals surface area contributed by atoms with Gasteiger partial charge in [-0.3, -0.25) is 4.79 Å². The predicted octanol–water partition coefficient (Wildman–Crippen LogP) is 3.93. The van der Waals surface area contributed by atoms with Gasteiger partial charge in [-0.25, -0.2) is 9.78 Å². The molecule has 2 heterocycles. The molecule has 1 aliphatic heterocycles. The highest BCUT2D eigenvalue weighted by molar-refractivity contribution is 7.09. The summed E-state index contributed by atoms with van der Waals surface area (Å²) in [4.78, 5) is 32.8. The third-order valence-corrected chi connectivity index (χ3v) is 6.31. The number of hydrogen-bond donors (Lipinski definition) is 0. The number of aromatic nitrogens is 1. The fourth-order valence-corrected chi connectivity index (χ4v) is 4.35. The first-order valence-electron chi connectivity index (χ1n) is 9.64. The van der Waals surface area contributed by atoms with E-state index in [2.05, 4.69) is 10.9 Å². The Bertz CT molecular complexity index is 882. The lowest BCUT2D eigenvalue weighted by molar-refractivity contribution is 0.0737. The average Bonchev–Trinajstić information content (AvgIpc) is 3.27. The molecule has 1 atom stereocenters. The molecule has 3 rings (SSSR count). The summed E-state index contributed by atoms with van der Waals surface area (Å²) in [5.41, 5.74) is 1.56. The van der Waals surface area contributed by atoms with Crippen LogP contribution in [0.5, 0.6) is 0 Å². The molecule has 0 saturated carbocycles. The van der Waals surface area contributed by atoms with Crippen molar-refractivity contribution in [3.63, 3.8) is 0 Å². The van der Waals surface area contributed by atoms with Gasteiger partial charge in [0, 0.05) is 31.4 Å². The van der Waals surface area contributed by atoms with E-state index in [4.69, 9.17) is 11.2 Å². The third kappa shape index (κ3) is 4.96. The van der Waals surface area contributed by atoms with E-state index in [-0.39, 0.29) is 30.6 Å². The lowest BCUT2D eigenvalue weighted by atomic mass is 9.98. The molecule has 1 aromatic carbocycles. The first-order chi connectivity index (χ1) is 14.0. The van der Waals surface area contributed by atoms with Crippen molar-refractivity contribution in [3.8, 4) is 12.3 Å². The van der Waals surface area contributed by atoms with Crippen LogP contribution in [0.15, 0.2) is 35.7 Å². The van der Waals surface area contributed by atoms with Gasteiger partial charge >= 0.3 is 6.09 Å². The van der Waals surface area contributed by atoms with Gasteiger partial charge in [-0.15, -0.1) is 17.8 Å². The molecule has 1 saturated heterocycles. The van der Waals surface area contributed by atoms with Crippen LogP contribution in [-0.4, -0.2) is 53.5 Å². The molecular weight excluding hydrogens is 386 g/mol. The van der Waals surface area contributed by atoms with Gasteiger partial charge in [0.2, 0.25) is 0 Å². The van der Waals surface area contributed by atoms with E-state index in [1.807, 2.05) is 42.6 Å². The standard InChI is InChI=1S/C22H25N3O3S/c1-4-14-28-22(27)25-12-10-18(11-13-25)20-23-19(15-29-20)21(26)24(3)16(2)17-8-6-5-7-9-17/h1,5-9,15-16,18H,10-14H2,2-3H3. The smallest absolute Gasteiger partial charge is 0.410 e. The molecule has 0 spiro atoms. The second-order valence-electron chi connectivity index (χ2n) is 7.09. The summed E-state index contributed by atoms with van der Waals surface area (Å²) in [6.45, 7) is 3.20. The molecule has 2 amide bonds. The van der Waals surface area contributed by atoms with Gasteiger partial charge in [0.05, 0.1) is 11.0 Å². The van der Waals surface area contributed by atoms with E-state index in [1.54, 1.807) is 16.8 Å². The Hall–Kier alpha value is -2.85. The lowest BCUT2D eigenvalue weighted by Gasteiger charge is -2.30. The van der Waals surface area contributed by atoms with Crippen LogP contribution < -0.4 is 0 Å². The Balaban J connectivity index is 1.59. The number of benzene rings is 1. The van der Waals surface area contributed by atoms with Gasteiger partial charge in [-0.1, -0.05) is 36.3 Å². The first kappa shape index (κ1) is 20.9. The van der Waals surface area contributed by atoms with Crippen molar-refractivity contribution in [2.45, 2.75) is 31.7 Å². The number of nitrogens with zero attached hydrogens (tertiary/aromatic N) is 3. The molecule has 0 bridgehead atoms. The summed E-state index contributed by atoms with van der Waals surface area (Å²) in [6, 6.07) is 9.91. The number of terminal acetylenes is 1. The number of carbonyl (C=O) groups is 2. The fourth-order valence-electron chi connectivity index (χ4n) is 3.39. The Morgan fingerprint density at radius 1 is 1.34 bits per heavy atom. The molecule has 152 valence electrons. The minimum absolute atomic E-state index is 0.00830. The molecule has 0 radical (unpaired) electrons. The number of amides is 2. The fraction of sp³-hybridized carbons (Fsp3) is 0.409. The second kappa shape index (κ2) is 9.57. The van der Waals surface area contributed by atoms with Crippen LogP contribution in [-0.2, 0) is 4.74 Å². The number of piperidine rings is 1. The van der Waals surface area contributed by atoms with Crippen molar-refractivity contribution in [3.05, 3.63) is 52.0 Å². The molecule has 7 heteroatoms. The minimum atomic E-state index is -0.368. The Labute approximate surface area is 175 Å². The number of carbonyl (C=O) groups excluding carboxylic acids is 2. The van der Waals surface area contributed by atoms with Crippen molar-refractivity contribution in [2.24, 2.45) is 0 Å². The Kier molecular flexibility index (Phi) is 6.89. The molecular formula is C22H25N3O3S. The van der Waals surface area contributed by atoms with Crippen LogP contribution in [0.2, 0.25) is 0 Å². The number of likely N-dealkylation sites (tertiary alicyclic amines) is 1. The van der Waals surface area contributed by atoms with Crippen LogP contribution in [0.1, 0.15) is 52.8 Å². The van der Waals surface area contributed by atoms with Crippen LogP contribution in [0.4, 0.5) is 4.79 Å². The summed E-state index contributed by atoms with van der Waals surface area (Å²) in [5, 5.41) is 2.78. The molecule has 1 unspecified atom stereocenters. The van der Waals surface area contributed by atoms with Crippen molar-refractivity contribution >= 4 is 23.3 Å². The summed E-state index contributed by atoms with van der Waals surface area (Å²) < 4.78 is 4.98. The molecule has 0 aliphatic carbocycles. The monoisotopic (exact) mass is 411 g/mol. The highest BCUT2D eigenvalue weighted by Crippen LogP contribution is 2.31. The molecule has 1 aliphatic rings. The van der Waals surface area contributed by atoms with E-state index in [1.165, 1.54) is 11.3 Å². The van der Waals surface area contributed by atoms with Gasteiger partial charge in [0.15, 0.2) is 6.61 Å². The van der Waals surface area contributed by atoms with Crippen LogP contribution in [0.25, 0.3) is 0 Å². The Morgan fingerprint density at radius 3 is 2.69 bits per heavy atom. The van der Waals surface area contributed by atoms with Crippen molar-refractivity contribution in [1.82, 2.24) is 14.8 Å². The normalized spacial score (nSPS) is 15.4. The predicted molar refractivity (Wildman–Crippen MR) is 113 cm³/mol. The van der Waals surface area contributed by atoms with E-state index in [0.29, 0.717) is 18.8 Å². The van der Waals surface area contributed by atoms with E-state index in [0.717, 1.165) is 23.4 Å². The van der Waals surface area contributed by atoms with Gasteiger partial charge < -0.3 is 14.5 Å². The zero-order chi connectivity index (χ0) is 20.8. The SMILES string of the molecule is C#CCOC(=O)N1CCC(c2nc(C(=O)N(C)C(C)c3ccccc3)cs2)CC1. The zero-order valence-electron chi connectivity index (χ0n) is 16.7. The molecule has 0 N–H and O–H groups in total. The number of hydrogen-bond acceptors (Lipinski definition) is 5. The van der Waals surface area contributed by atoms with Gasteiger partial charge in [-0.05, 0) is 25.3 Å². The van der Waals surface area contributed by atoms with E-state index in [9.17, 15) is 9.59 Å². The van der Waals surface area contributed by atoms with E-state index < -0.39 is 0 Å². The van der Waals surface area contributed by atoms with Crippen molar-refractivity contribution in [1.29, 1.82) is 0 Å². The maximum atomic E-state index is 12.9.